The fourth-order valence-electron chi connectivity index (χ4n) is 3.42. The van der Waals surface area contributed by atoms with Gasteiger partial charge in [-0.05, 0) is 42.8 Å². The Morgan fingerprint density at radius 3 is 2.78 bits per heavy atom. The highest BCUT2D eigenvalue weighted by Gasteiger charge is 2.14. The van der Waals surface area contributed by atoms with Crippen LogP contribution in [0.5, 0.6) is 0 Å². The molecule has 2 heterocycles. The minimum Gasteiger partial charge on any atom is -0.348 e. The molecule has 0 fully saturated rings. The van der Waals surface area contributed by atoms with Gasteiger partial charge in [-0.2, -0.15) is 5.26 Å². The van der Waals surface area contributed by atoms with Crippen molar-refractivity contribution in [1.29, 1.82) is 5.26 Å². The van der Waals surface area contributed by atoms with Crippen LogP contribution in [-0.2, 0) is 0 Å². The van der Waals surface area contributed by atoms with E-state index in [0.29, 0.717) is 5.57 Å². The number of nitriles is 1. The molecule has 0 atom stereocenters. The lowest BCUT2D eigenvalue weighted by Gasteiger charge is -2.26. The van der Waals surface area contributed by atoms with Gasteiger partial charge in [0.2, 0.25) is 0 Å². The summed E-state index contributed by atoms with van der Waals surface area (Å²) in [4.78, 5) is 6.61. The maximum atomic E-state index is 9.75. The molecule has 0 unspecified atom stereocenters. The van der Waals surface area contributed by atoms with E-state index in [-0.39, 0.29) is 0 Å². The zero-order chi connectivity index (χ0) is 18.6. The number of fused-ring (bicyclic) bond motifs is 2. The molecule has 2 aromatic carbocycles. The van der Waals surface area contributed by atoms with Crippen molar-refractivity contribution in [3.63, 3.8) is 0 Å². The smallest absolute Gasteiger partial charge is 0.0998 e. The van der Waals surface area contributed by atoms with E-state index >= 15 is 0 Å². The van der Waals surface area contributed by atoms with Crippen LogP contribution in [0.25, 0.3) is 22.0 Å². The Balaban J connectivity index is 1.80. The number of rotatable bonds is 3. The first-order chi connectivity index (χ1) is 13.3. The molecule has 3 nitrogen and oxygen atoms in total. The standard InChI is InChI=1S/C24H19N3/c1-2-27-16-14-18(21-7-4-6-10-24(21)27)11-12-19(17-25)20-13-15-26-23-9-5-3-8-22(20)23/h3-16H,2H2,1H3. The van der Waals surface area contributed by atoms with E-state index in [0.717, 1.165) is 28.6 Å². The average Bonchev–Trinajstić information content (AvgIpc) is 2.74. The molecule has 0 bridgehead atoms. The van der Waals surface area contributed by atoms with E-state index in [1.807, 2.05) is 48.6 Å². The Hall–Kier alpha value is -3.64. The van der Waals surface area contributed by atoms with Gasteiger partial charge in [-0.25, -0.2) is 0 Å². The van der Waals surface area contributed by atoms with E-state index < -0.39 is 0 Å². The average molecular weight is 349 g/mol. The SMILES string of the molecule is CCN1C=CC(=CC=C(C#N)c2ccnc3ccccc23)c2ccccc21. The fourth-order valence-corrected chi connectivity index (χ4v) is 3.42. The van der Waals surface area contributed by atoms with Gasteiger partial charge in [0.1, 0.15) is 0 Å². The van der Waals surface area contributed by atoms with Gasteiger partial charge in [0.05, 0.1) is 17.2 Å². The maximum Gasteiger partial charge on any atom is 0.0998 e. The molecule has 0 N–H and O–H groups in total. The number of para-hydroxylation sites is 2. The fraction of sp³-hybridized carbons (Fsp3) is 0.0833. The second kappa shape index (κ2) is 7.31. The van der Waals surface area contributed by atoms with Crippen molar-refractivity contribution < 1.29 is 0 Å². The summed E-state index contributed by atoms with van der Waals surface area (Å²) in [6.45, 7) is 3.06. The summed E-state index contributed by atoms with van der Waals surface area (Å²) in [7, 11) is 0. The van der Waals surface area contributed by atoms with Gasteiger partial charge in [-0.15, -0.1) is 0 Å². The van der Waals surface area contributed by atoms with Gasteiger partial charge in [0.25, 0.3) is 0 Å². The Kier molecular flexibility index (Phi) is 4.55. The van der Waals surface area contributed by atoms with E-state index in [1.54, 1.807) is 6.20 Å². The van der Waals surface area contributed by atoms with Gasteiger partial charge in [-0.1, -0.05) is 42.5 Å². The molecular formula is C24H19N3. The zero-order valence-corrected chi connectivity index (χ0v) is 15.1. The van der Waals surface area contributed by atoms with Crippen molar-refractivity contribution >= 4 is 27.7 Å². The molecule has 4 rings (SSSR count). The first-order valence-electron chi connectivity index (χ1n) is 9.02. The Morgan fingerprint density at radius 1 is 1.11 bits per heavy atom. The first-order valence-corrected chi connectivity index (χ1v) is 9.02. The lowest BCUT2D eigenvalue weighted by atomic mass is 9.97. The quantitative estimate of drug-likeness (QED) is 0.580. The monoisotopic (exact) mass is 349 g/mol. The molecule has 3 aromatic rings. The Bertz CT molecular complexity index is 1120. The van der Waals surface area contributed by atoms with Crippen molar-refractivity contribution in [3.05, 3.63) is 96.3 Å². The normalized spacial score (nSPS) is 15.0. The number of hydrogen-bond acceptors (Lipinski definition) is 3. The molecule has 1 aromatic heterocycles. The van der Waals surface area contributed by atoms with Crippen LogP contribution < -0.4 is 4.90 Å². The predicted molar refractivity (Wildman–Crippen MR) is 112 cm³/mol. The predicted octanol–water partition coefficient (Wildman–Crippen LogP) is 5.58. The molecule has 0 saturated carbocycles. The van der Waals surface area contributed by atoms with Gasteiger partial charge < -0.3 is 4.90 Å². The largest absolute Gasteiger partial charge is 0.348 e. The van der Waals surface area contributed by atoms with Crippen LogP contribution in [0.3, 0.4) is 0 Å². The van der Waals surface area contributed by atoms with Gasteiger partial charge in [0, 0.05) is 41.1 Å². The van der Waals surface area contributed by atoms with Crippen molar-refractivity contribution in [2.75, 3.05) is 11.4 Å². The van der Waals surface area contributed by atoms with Crippen LogP contribution in [0.2, 0.25) is 0 Å². The highest BCUT2D eigenvalue weighted by Crippen LogP contribution is 2.33. The number of aromatic nitrogens is 1. The Morgan fingerprint density at radius 2 is 1.93 bits per heavy atom. The molecule has 3 heteroatoms. The third-order valence-corrected chi connectivity index (χ3v) is 4.79. The lowest BCUT2D eigenvalue weighted by molar-refractivity contribution is 1.01. The zero-order valence-electron chi connectivity index (χ0n) is 15.1. The second-order valence-corrected chi connectivity index (χ2v) is 6.31. The minimum absolute atomic E-state index is 0.630. The number of hydrogen-bond donors (Lipinski definition) is 0. The van der Waals surface area contributed by atoms with E-state index in [1.165, 1.54) is 11.3 Å². The summed E-state index contributed by atoms with van der Waals surface area (Å²) in [5.74, 6) is 0. The van der Waals surface area contributed by atoms with E-state index in [9.17, 15) is 5.26 Å². The Labute approximate surface area is 159 Å². The molecule has 0 amide bonds. The molecule has 1 aliphatic rings. The molecule has 0 radical (unpaired) electrons. The summed E-state index contributed by atoms with van der Waals surface area (Å²) >= 11 is 0. The summed E-state index contributed by atoms with van der Waals surface area (Å²) in [6.07, 6.45) is 9.87. The molecule has 0 saturated heterocycles. The van der Waals surface area contributed by atoms with Crippen LogP contribution in [0.15, 0.2) is 85.2 Å². The number of allylic oxidation sites excluding steroid dienone is 5. The summed E-state index contributed by atoms with van der Waals surface area (Å²) in [5, 5.41) is 10.7. The molecule has 130 valence electrons. The van der Waals surface area contributed by atoms with Crippen molar-refractivity contribution in [3.8, 4) is 6.07 Å². The topological polar surface area (TPSA) is 39.9 Å². The van der Waals surface area contributed by atoms with Gasteiger partial charge >= 0.3 is 0 Å². The summed E-state index contributed by atoms with van der Waals surface area (Å²) in [5.41, 5.74) is 5.89. The van der Waals surface area contributed by atoms with Crippen LogP contribution in [0.1, 0.15) is 18.1 Å². The first kappa shape index (κ1) is 16.8. The number of anilines is 1. The van der Waals surface area contributed by atoms with Crippen LogP contribution in [-0.4, -0.2) is 11.5 Å². The second-order valence-electron chi connectivity index (χ2n) is 6.31. The van der Waals surface area contributed by atoms with Crippen LogP contribution in [0.4, 0.5) is 5.69 Å². The van der Waals surface area contributed by atoms with E-state index in [2.05, 4.69) is 53.4 Å². The molecule has 1 aliphatic heterocycles. The van der Waals surface area contributed by atoms with Crippen molar-refractivity contribution in [2.45, 2.75) is 6.92 Å². The highest BCUT2D eigenvalue weighted by molar-refractivity contribution is 5.96. The summed E-state index contributed by atoms with van der Waals surface area (Å²) in [6, 6.07) is 20.5. The van der Waals surface area contributed by atoms with Gasteiger partial charge in [0.15, 0.2) is 0 Å². The third kappa shape index (κ3) is 3.14. The van der Waals surface area contributed by atoms with Crippen LogP contribution >= 0.6 is 0 Å². The van der Waals surface area contributed by atoms with Crippen molar-refractivity contribution in [1.82, 2.24) is 4.98 Å². The van der Waals surface area contributed by atoms with E-state index in [4.69, 9.17) is 0 Å². The maximum absolute atomic E-state index is 9.75. The molecule has 0 aliphatic carbocycles. The minimum atomic E-state index is 0.630. The molecule has 0 spiro atoms. The number of pyridine rings is 1. The number of benzene rings is 2. The highest BCUT2D eigenvalue weighted by atomic mass is 15.1. The van der Waals surface area contributed by atoms with Crippen LogP contribution in [0, 0.1) is 11.3 Å². The third-order valence-electron chi connectivity index (χ3n) is 4.79. The lowest BCUT2D eigenvalue weighted by Crippen LogP contribution is -2.18. The van der Waals surface area contributed by atoms with Crippen molar-refractivity contribution in [2.24, 2.45) is 0 Å². The number of nitrogens with zero attached hydrogens (tertiary/aromatic N) is 3. The van der Waals surface area contributed by atoms with Gasteiger partial charge in [-0.3, -0.25) is 4.98 Å². The summed E-state index contributed by atoms with van der Waals surface area (Å²) < 4.78 is 0. The molecule has 27 heavy (non-hydrogen) atoms. The molecular weight excluding hydrogens is 330 g/mol.